The van der Waals surface area contributed by atoms with Crippen LogP contribution in [0.5, 0.6) is 17.2 Å². The van der Waals surface area contributed by atoms with Crippen LogP contribution in [0.3, 0.4) is 0 Å². The SMILES string of the molecule is C=CC(=O)OCCCCOc1ccc(/C=C/C(=O)Oc2ccc(OCCCCCCOC(=O)C(=O)CC(=O)OC)cc2)cc1. The maximum Gasteiger partial charge on any atom is 0.375 e. The minimum atomic E-state index is -1.03. The zero-order chi connectivity index (χ0) is 32.0. The number of rotatable bonds is 21. The highest BCUT2D eigenvalue weighted by Crippen LogP contribution is 2.19. The van der Waals surface area contributed by atoms with Crippen LogP contribution in [0.15, 0.2) is 67.3 Å². The Morgan fingerprint density at radius 2 is 1.18 bits per heavy atom. The van der Waals surface area contributed by atoms with Crippen LogP contribution >= 0.6 is 0 Å². The average Bonchev–Trinajstić information content (AvgIpc) is 3.03. The first-order chi connectivity index (χ1) is 21.3. The van der Waals surface area contributed by atoms with Gasteiger partial charge in [-0.05, 0) is 86.6 Å². The van der Waals surface area contributed by atoms with Gasteiger partial charge in [0, 0.05) is 12.2 Å². The summed E-state index contributed by atoms with van der Waals surface area (Å²) in [5.74, 6) is -1.97. The number of benzene rings is 2. The van der Waals surface area contributed by atoms with Crippen molar-refractivity contribution in [3.63, 3.8) is 0 Å². The number of unbranched alkanes of at least 4 members (excludes halogenated alkanes) is 4. The second-order valence-electron chi connectivity index (χ2n) is 9.30. The van der Waals surface area contributed by atoms with Crippen LogP contribution < -0.4 is 14.2 Å². The van der Waals surface area contributed by atoms with Crippen molar-refractivity contribution in [1.29, 1.82) is 0 Å². The molecule has 0 amide bonds. The van der Waals surface area contributed by atoms with E-state index < -0.39 is 36.1 Å². The molecule has 0 radical (unpaired) electrons. The highest BCUT2D eigenvalue weighted by atomic mass is 16.5. The number of hydrogen-bond acceptors (Lipinski definition) is 11. The summed E-state index contributed by atoms with van der Waals surface area (Å²) >= 11 is 0. The molecule has 0 aliphatic heterocycles. The van der Waals surface area contributed by atoms with Crippen LogP contribution in [0.4, 0.5) is 0 Å². The highest BCUT2D eigenvalue weighted by molar-refractivity contribution is 6.36. The van der Waals surface area contributed by atoms with Gasteiger partial charge in [-0.2, -0.15) is 0 Å². The molecule has 0 aliphatic rings. The topological polar surface area (TPSA) is 141 Å². The molecule has 0 aliphatic carbocycles. The molecule has 0 aromatic heterocycles. The predicted octanol–water partition coefficient (Wildman–Crippen LogP) is 4.81. The molecule has 0 unspecified atom stereocenters. The normalized spacial score (nSPS) is 10.5. The van der Waals surface area contributed by atoms with Crippen LogP contribution in [-0.4, -0.2) is 63.2 Å². The van der Waals surface area contributed by atoms with Gasteiger partial charge in [0.15, 0.2) is 0 Å². The van der Waals surface area contributed by atoms with Crippen molar-refractivity contribution in [1.82, 2.24) is 0 Å². The van der Waals surface area contributed by atoms with E-state index in [-0.39, 0.29) is 6.61 Å². The van der Waals surface area contributed by atoms with Gasteiger partial charge in [0.2, 0.25) is 0 Å². The van der Waals surface area contributed by atoms with E-state index in [1.54, 1.807) is 42.5 Å². The van der Waals surface area contributed by atoms with E-state index in [0.29, 0.717) is 49.9 Å². The summed E-state index contributed by atoms with van der Waals surface area (Å²) in [4.78, 5) is 57.1. The van der Waals surface area contributed by atoms with Gasteiger partial charge in [-0.1, -0.05) is 18.7 Å². The van der Waals surface area contributed by atoms with Crippen molar-refractivity contribution in [2.45, 2.75) is 44.9 Å². The number of ether oxygens (including phenoxy) is 6. The molecule has 11 nitrogen and oxygen atoms in total. The molecule has 0 bridgehead atoms. The lowest BCUT2D eigenvalue weighted by molar-refractivity contribution is -0.157. The molecule has 236 valence electrons. The van der Waals surface area contributed by atoms with E-state index >= 15 is 0 Å². The fraction of sp³-hybridized carbons (Fsp3) is 0.364. The van der Waals surface area contributed by atoms with Crippen LogP contribution in [0.25, 0.3) is 6.08 Å². The van der Waals surface area contributed by atoms with Gasteiger partial charge in [0.25, 0.3) is 5.78 Å². The van der Waals surface area contributed by atoms with Crippen LogP contribution in [0.2, 0.25) is 0 Å². The predicted molar refractivity (Wildman–Crippen MR) is 160 cm³/mol. The number of carbonyl (C=O) groups excluding carboxylic acids is 5. The lowest BCUT2D eigenvalue weighted by Gasteiger charge is -2.08. The third kappa shape index (κ3) is 15.3. The number of ketones is 1. The molecule has 0 N–H and O–H groups in total. The lowest BCUT2D eigenvalue weighted by atomic mass is 10.2. The van der Waals surface area contributed by atoms with E-state index in [2.05, 4.69) is 11.3 Å². The fourth-order valence-electron chi connectivity index (χ4n) is 3.49. The molecule has 0 spiro atoms. The standard InChI is InChI=1S/C33H38O11/c1-3-30(35)42-22-9-8-21-41-26-13-10-25(11-14-26)12-19-31(36)44-28-17-15-27(16-18-28)40-20-6-4-5-7-23-43-33(38)29(34)24-32(37)39-2/h3,10-19H,1,4-9,20-24H2,2H3/b19-12+. The van der Waals surface area contributed by atoms with Crippen molar-refractivity contribution in [3.05, 3.63) is 72.8 Å². The number of esters is 4. The molecular weight excluding hydrogens is 572 g/mol. The summed E-state index contributed by atoms with van der Waals surface area (Å²) in [6, 6.07) is 14.0. The molecule has 2 rings (SSSR count). The molecule has 0 fully saturated rings. The Bertz CT molecular complexity index is 1250. The number of Topliss-reactive ketones (excluding diaryl/α,β-unsaturated/α-hetero) is 1. The Hall–Kier alpha value is -4.93. The van der Waals surface area contributed by atoms with Crippen molar-refractivity contribution < 1.29 is 52.4 Å². The number of carbonyl (C=O) groups is 5. The first-order valence-corrected chi connectivity index (χ1v) is 14.2. The van der Waals surface area contributed by atoms with Gasteiger partial charge in [-0.3, -0.25) is 9.59 Å². The quantitative estimate of drug-likeness (QED) is 0.0366. The molecular formula is C33H38O11. The van der Waals surface area contributed by atoms with E-state index in [1.165, 1.54) is 6.08 Å². The monoisotopic (exact) mass is 610 g/mol. The first kappa shape index (κ1) is 35.3. The van der Waals surface area contributed by atoms with Crippen molar-refractivity contribution >= 4 is 35.7 Å². The first-order valence-electron chi connectivity index (χ1n) is 14.2. The third-order valence-corrected chi connectivity index (χ3v) is 5.85. The van der Waals surface area contributed by atoms with Gasteiger partial charge in [0.05, 0.1) is 33.5 Å². The molecule has 44 heavy (non-hydrogen) atoms. The fourth-order valence-corrected chi connectivity index (χ4v) is 3.49. The van der Waals surface area contributed by atoms with Crippen molar-refractivity contribution in [2.24, 2.45) is 0 Å². The lowest BCUT2D eigenvalue weighted by Crippen LogP contribution is -2.21. The molecule has 11 heteroatoms. The van der Waals surface area contributed by atoms with Gasteiger partial charge in [-0.15, -0.1) is 0 Å². The molecule has 0 atom stereocenters. The van der Waals surface area contributed by atoms with Crippen LogP contribution in [-0.2, 0) is 38.2 Å². The average molecular weight is 611 g/mol. The van der Waals surface area contributed by atoms with Gasteiger partial charge < -0.3 is 28.4 Å². The Morgan fingerprint density at radius 3 is 1.80 bits per heavy atom. The zero-order valence-corrected chi connectivity index (χ0v) is 24.8. The molecule has 0 saturated carbocycles. The third-order valence-electron chi connectivity index (χ3n) is 5.85. The van der Waals surface area contributed by atoms with Crippen molar-refractivity contribution in [2.75, 3.05) is 33.5 Å². The smallest absolute Gasteiger partial charge is 0.375 e. The Labute approximate surface area is 256 Å². The molecule has 0 saturated heterocycles. The van der Waals surface area contributed by atoms with Crippen LogP contribution in [0.1, 0.15) is 50.5 Å². The molecule has 2 aromatic carbocycles. The number of hydrogen-bond donors (Lipinski definition) is 0. The Balaban J connectivity index is 1.57. The second kappa shape index (κ2) is 20.9. The second-order valence-corrected chi connectivity index (χ2v) is 9.30. The maximum atomic E-state index is 12.2. The minimum Gasteiger partial charge on any atom is -0.494 e. The highest BCUT2D eigenvalue weighted by Gasteiger charge is 2.19. The Morgan fingerprint density at radius 1 is 0.659 bits per heavy atom. The summed E-state index contributed by atoms with van der Waals surface area (Å²) in [7, 11) is 1.14. The van der Waals surface area contributed by atoms with Gasteiger partial charge >= 0.3 is 23.9 Å². The molecule has 0 heterocycles. The van der Waals surface area contributed by atoms with E-state index in [0.717, 1.165) is 44.4 Å². The van der Waals surface area contributed by atoms with E-state index in [4.69, 9.17) is 23.7 Å². The van der Waals surface area contributed by atoms with Crippen LogP contribution in [0, 0.1) is 0 Å². The van der Waals surface area contributed by atoms with Gasteiger partial charge in [-0.25, -0.2) is 14.4 Å². The molecule has 2 aromatic rings. The summed E-state index contributed by atoms with van der Waals surface area (Å²) in [6.07, 6.45) is 7.90. The summed E-state index contributed by atoms with van der Waals surface area (Å²) < 4.78 is 30.8. The summed E-state index contributed by atoms with van der Waals surface area (Å²) in [5.41, 5.74) is 0.807. The van der Waals surface area contributed by atoms with E-state index in [9.17, 15) is 24.0 Å². The maximum absolute atomic E-state index is 12.2. The van der Waals surface area contributed by atoms with Crippen molar-refractivity contribution in [3.8, 4) is 17.2 Å². The minimum absolute atomic E-state index is 0.101. The van der Waals surface area contributed by atoms with E-state index in [1.807, 2.05) is 12.1 Å². The Kier molecular flexibility index (Phi) is 16.7. The largest absolute Gasteiger partial charge is 0.494 e. The number of methoxy groups -OCH3 is 1. The summed E-state index contributed by atoms with van der Waals surface area (Å²) in [5, 5.41) is 0. The van der Waals surface area contributed by atoms with Gasteiger partial charge in [0.1, 0.15) is 23.7 Å². The summed E-state index contributed by atoms with van der Waals surface area (Å²) in [6.45, 7) is 4.74. The zero-order valence-electron chi connectivity index (χ0n) is 24.8.